The third kappa shape index (κ3) is 2.04. The van der Waals surface area contributed by atoms with Crippen LogP contribution in [0.4, 0.5) is 14.6 Å². The Morgan fingerprint density at radius 2 is 2.39 bits per heavy atom. The molecule has 2 rings (SSSR count). The van der Waals surface area contributed by atoms with E-state index < -0.39 is 18.4 Å². The highest BCUT2D eigenvalue weighted by atomic mass is 19.3. The molecule has 0 saturated heterocycles. The minimum Gasteiger partial charge on any atom is -0.462 e. The Bertz CT molecular complexity index is 459. The molecule has 1 aliphatic heterocycles. The highest BCUT2D eigenvalue weighted by Gasteiger charge is 2.33. The van der Waals surface area contributed by atoms with Crippen molar-refractivity contribution in [1.29, 1.82) is 0 Å². The van der Waals surface area contributed by atoms with E-state index in [0.717, 1.165) is 0 Å². The Hall–Kier alpha value is -1.66. The van der Waals surface area contributed by atoms with Crippen LogP contribution in [0.2, 0.25) is 0 Å². The number of fused-ring (bicyclic) bond motifs is 1. The van der Waals surface area contributed by atoms with Crippen LogP contribution in [-0.2, 0) is 4.74 Å². The number of carbonyl (C=O) groups excluding carboxylic acids is 1. The van der Waals surface area contributed by atoms with Gasteiger partial charge in [-0.2, -0.15) is 5.10 Å². The van der Waals surface area contributed by atoms with Gasteiger partial charge in [-0.3, -0.25) is 0 Å². The molecule has 1 unspecified atom stereocenters. The highest BCUT2D eigenvalue weighted by molar-refractivity contribution is 5.96. The molecule has 0 fully saturated rings. The summed E-state index contributed by atoms with van der Waals surface area (Å²) in [5, 5.41) is 6.97. The van der Waals surface area contributed by atoms with Crippen LogP contribution >= 0.6 is 0 Å². The number of halogens is 2. The van der Waals surface area contributed by atoms with Gasteiger partial charge < -0.3 is 10.1 Å². The van der Waals surface area contributed by atoms with Crippen molar-refractivity contribution < 1.29 is 18.3 Å². The molecule has 0 aliphatic carbocycles. The summed E-state index contributed by atoms with van der Waals surface area (Å²) in [5.74, 6) is -0.193. The summed E-state index contributed by atoms with van der Waals surface area (Å²) in [6, 6.07) is -0.983. The molecule has 0 saturated carbocycles. The molecule has 0 amide bonds. The number of aryl methyl sites for hydroxylation is 1. The van der Waals surface area contributed by atoms with E-state index in [1.54, 1.807) is 13.8 Å². The molecule has 7 heteroatoms. The lowest BCUT2D eigenvalue weighted by Crippen LogP contribution is -2.29. The van der Waals surface area contributed by atoms with Crippen LogP contribution in [-0.4, -0.2) is 35.3 Å². The third-order valence-corrected chi connectivity index (χ3v) is 2.90. The molecule has 1 N–H and O–H groups in total. The number of ether oxygens (including phenoxy) is 1. The zero-order chi connectivity index (χ0) is 13.3. The predicted octanol–water partition coefficient (Wildman–Crippen LogP) is 1.99. The molecule has 1 aromatic heterocycles. The first-order chi connectivity index (χ1) is 8.56. The van der Waals surface area contributed by atoms with Crippen molar-refractivity contribution >= 4 is 11.8 Å². The van der Waals surface area contributed by atoms with Crippen LogP contribution < -0.4 is 5.32 Å². The van der Waals surface area contributed by atoms with Crippen LogP contribution in [0.25, 0.3) is 0 Å². The molecule has 0 spiro atoms. The van der Waals surface area contributed by atoms with Crippen LogP contribution in [0, 0.1) is 6.92 Å². The fourth-order valence-corrected chi connectivity index (χ4v) is 2.10. The molecular formula is C11H15F2N3O2. The number of hydrogen-bond donors (Lipinski definition) is 1. The summed E-state index contributed by atoms with van der Waals surface area (Å²) in [4.78, 5) is 11.8. The van der Waals surface area contributed by atoms with Gasteiger partial charge >= 0.3 is 5.97 Å². The smallest absolute Gasteiger partial charge is 0.343 e. The molecular weight excluding hydrogens is 244 g/mol. The average Bonchev–Trinajstić information content (AvgIpc) is 2.64. The van der Waals surface area contributed by atoms with E-state index in [1.165, 1.54) is 4.68 Å². The van der Waals surface area contributed by atoms with Crippen LogP contribution in [0.5, 0.6) is 0 Å². The molecule has 100 valence electrons. The lowest BCUT2D eigenvalue weighted by molar-refractivity contribution is 0.0523. The highest BCUT2D eigenvalue weighted by Crippen LogP contribution is 2.32. The fraction of sp³-hybridized carbons (Fsp3) is 0.636. The molecule has 0 radical (unpaired) electrons. The second kappa shape index (κ2) is 4.91. The van der Waals surface area contributed by atoms with Gasteiger partial charge in [0, 0.05) is 6.54 Å². The number of alkyl halides is 2. The zero-order valence-electron chi connectivity index (χ0n) is 10.2. The van der Waals surface area contributed by atoms with Gasteiger partial charge in [0.2, 0.25) is 0 Å². The zero-order valence-corrected chi connectivity index (χ0v) is 10.2. The number of esters is 1. The van der Waals surface area contributed by atoms with Gasteiger partial charge in [0.05, 0.1) is 12.3 Å². The van der Waals surface area contributed by atoms with E-state index in [0.29, 0.717) is 18.1 Å². The molecule has 5 nitrogen and oxygen atoms in total. The largest absolute Gasteiger partial charge is 0.462 e. The number of anilines is 1. The first-order valence-electron chi connectivity index (χ1n) is 5.84. The van der Waals surface area contributed by atoms with Gasteiger partial charge in [0.25, 0.3) is 6.43 Å². The Morgan fingerprint density at radius 1 is 1.67 bits per heavy atom. The number of nitrogens with zero attached hydrogens (tertiary/aromatic N) is 2. The van der Waals surface area contributed by atoms with E-state index in [9.17, 15) is 13.6 Å². The van der Waals surface area contributed by atoms with E-state index in [1.807, 2.05) is 0 Å². The lowest BCUT2D eigenvalue weighted by atomic mass is 10.1. The summed E-state index contributed by atoms with van der Waals surface area (Å²) in [6.45, 7) is 3.94. The number of hydrogen-bond acceptors (Lipinski definition) is 4. The molecule has 1 atom stereocenters. The molecule has 0 bridgehead atoms. The number of aromatic nitrogens is 2. The molecule has 0 aromatic carbocycles. The average molecular weight is 259 g/mol. The van der Waals surface area contributed by atoms with Gasteiger partial charge in [-0.05, 0) is 20.3 Å². The normalized spacial score (nSPS) is 18.4. The van der Waals surface area contributed by atoms with E-state index in [-0.39, 0.29) is 18.6 Å². The molecule has 18 heavy (non-hydrogen) atoms. The van der Waals surface area contributed by atoms with Gasteiger partial charge in [-0.1, -0.05) is 0 Å². The lowest BCUT2D eigenvalue weighted by Gasteiger charge is -2.25. The predicted molar refractivity (Wildman–Crippen MR) is 61.1 cm³/mol. The van der Waals surface area contributed by atoms with Crippen molar-refractivity contribution in [1.82, 2.24) is 9.78 Å². The number of carbonyl (C=O) groups is 1. The van der Waals surface area contributed by atoms with Crippen molar-refractivity contribution in [3.8, 4) is 0 Å². The summed E-state index contributed by atoms with van der Waals surface area (Å²) < 4.78 is 31.9. The Balaban J connectivity index is 2.42. The van der Waals surface area contributed by atoms with Crippen LogP contribution in [0.3, 0.4) is 0 Å². The van der Waals surface area contributed by atoms with Gasteiger partial charge in [0.15, 0.2) is 0 Å². The molecule has 1 aliphatic rings. The maximum atomic E-state index is 12.9. The summed E-state index contributed by atoms with van der Waals surface area (Å²) in [7, 11) is 0. The Morgan fingerprint density at radius 3 is 3.00 bits per heavy atom. The van der Waals surface area contributed by atoms with E-state index in [2.05, 4.69) is 10.4 Å². The summed E-state index contributed by atoms with van der Waals surface area (Å²) in [5.41, 5.74) is 0.658. The monoisotopic (exact) mass is 259 g/mol. The Labute approximate surface area is 103 Å². The maximum Gasteiger partial charge on any atom is 0.343 e. The minimum atomic E-state index is -2.50. The SMILES string of the molecule is CCOC(=O)c1c(C)nn2c1NCCC2C(F)F. The maximum absolute atomic E-state index is 12.9. The van der Waals surface area contributed by atoms with Crippen molar-refractivity contribution in [2.24, 2.45) is 0 Å². The van der Waals surface area contributed by atoms with Gasteiger partial charge in [-0.15, -0.1) is 0 Å². The standard InChI is InChI=1S/C11H15F2N3O2/c1-3-18-11(17)8-6(2)15-16-7(9(12)13)4-5-14-10(8)16/h7,9,14H,3-5H2,1-2H3. The summed E-state index contributed by atoms with van der Waals surface area (Å²) in [6.07, 6.45) is -2.21. The second-order valence-corrected chi connectivity index (χ2v) is 4.09. The molecule has 1 aromatic rings. The first kappa shape index (κ1) is 12.8. The van der Waals surface area contributed by atoms with Gasteiger partial charge in [0.1, 0.15) is 17.4 Å². The fourth-order valence-electron chi connectivity index (χ4n) is 2.10. The minimum absolute atomic E-state index is 0.237. The van der Waals surface area contributed by atoms with Crippen molar-refractivity contribution in [2.75, 3.05) is 18.5 Å². The van der Waals surface area contributed by atoms with Crippen LogP contribution in [0.1, 0.15) is 35.4 Å². The third-order valence-electron chi connectivity index (χ3n) is 2.90. The number of rotatable bonds is 3. The molecule has 2 heterocycles. The first-order valence-corrected chi connectivity index (χ1v) is 5.84. The topological polar surface area (TPSA) is 56.1 Å². The Kier molecular flexibility index (Phi) is 3.49. The van der Waals surface area contributed by atoms with Crippen molar-refractivity contribution in [3.05, 3.63) is 11.3 Å². The number of nitrogens with one attached hydrogen (secondary N) is 1. The van der Waals surface area contributed by atoms with Crippen LogP contribution in [0.15, 0.2) is 0 Å². The summed E-state index contributed by atoms with van der Waals surface area (Å²) >= 11 is 0. The van der Waals surface area contributed by atoms with Crippen molar-refractivity contribution in [2.45, 2.75) is 32.7 Å². The quantitative estimate of drug-likeness (QED) is 0.843. The second-order valence-electron chi connectivity index (χ2n) is 4.09. The van der Waals surface area contributed by atoms with Crippen molar-refractivity contribution in [3.63, 3.8) is 0 Å². The van der Waals surface area contributed by atoms with E-state index in [4.69, 9.17) is 4.74 Å². The van der Waals surface area contributed by atoms with Gasteiger partial charge in [-0.25, -0.2) is 18.3 Å². The van der Waals surface area contributed by atoms with E-state index >= 15 is 0 Å².